The minimum Gasteiger partial charge on any atom is -0.336 e. The van der Waals surface area contributed by atoms with Crippen molar-refractivity contribution in [2.24, 2.45) is 0 Å². The molecule has 1 unspecified atom stereocenters. The first kappa shape index (κ1) is 20.2. The summed E-state index contributed by atoms with van der Waals surface area (Å²) in [6.45, 7) is 4.66. The van der Waals surface area contributed by atoms with Gasteiger partial charge in [0.1, 0.15) is 0 Å². The van der Waals surface area contributed by atoms with Crippen LogP contribution in [0.4, 0.5) is 0 Å². The largest absolute Gasteiger partial charge is 0.336 e. The second-order valence-corrected chi connectivity index (χ2v) is 8.29. The van der Waals surface area contributed by atoms with E-state index in [-0.39, 0.29) is 24.4 Å². The highest BCUT2D eigenvalue weighted by atomic mass is 35.5. The Morgan fingerprint density at radius 2 is 2.00 bits per heavy atom. The highest BCUT2D eigenvalue weighted by molar-refractivity contribution is 7.89. The number of benzene rings is 1. The number of amides is 1. The predicted octanol–water partition coefficient (Wildman–Crippen LogP) is 1.26. The van der Waals surface area contributed by atoms with Gasteiger partial charge in [0.25, 0.3) is 0 Å². The van der Waals surface area contributed by atoms with E-state index in [2.05, 4.69) is 5.32 Å². The molecule has 140 valence electrons. The number of piperidine rings is 1. The van der Waals surface area contributed by atoms with E-state index < -0.39 is 10.0 Å². The van der Waals surface area contributed by atoms with Crippen molar-refractivity contribution in [1.29, 1.82) is 0 Å². The van der Waals surface area contributed by atoms with Crippen LogP contribution in [0, 0.1) is 0 Å². The van der Waals surface area contributed by atoms with E-state index in [0.717, 1.165) is 24.9 Å². The molecule has 1 atom stereocenters. The lowest BCUT2D eigenvalue weighted by atomic mass is 10.1. The van der Waals surface area contributed by atoms with Crippen LogP contribution in [0.25, 0.3) is 0 Å². The molecule has 2 aliphatic rings. The van der Waals surface area contributed by atoms with Gasteiger partial charge in [-0.05, 0) is 30.9 Å². The number of piperazine rings is 1. The summed E-state index contributed by atoms with van der Waals surface area (Å²) in [7, 11) is -3.51. The van der Waals surface area contributed by atoms with Crippen LogP contribution in [0.2, 0.25) is 0 Å². The van der Waals surface area contributed by atoms with E-state index in [1.165, 1.54) is 0 Å². The molecular weight excluding hydrogens is 362 g/mol. The average molecular weight is 388 g/mol. The quantitative estimate of drug-likeness (QED) is 0.844. The monoisotopic (exact) mass is 387 g/mol. The summed E-state index contributed by atoms with van der Waals surface area (Å²) in [5.74, 6) is 0.0689. The maximum Gasteiger partial charge on any atom is 0.243 e. The van der Waals surface area contributed by atoms with Crippen molar-refractivity contribution < 1.29 is 13.2 Å². The van der Waals surface area contributed by atoms with Crippen LogP contribution in [0.15, 0.2) is 29.2 Å². The number of sulfonamides is 1. The van der Waals surface area contributed by atoms with Crippen LogP contribution in [-0.2, 0) is 21.2 Å². The molecule has 2 aliphatic heterocycles. The van der Waals surface area contributed by atoms with Crippen molar-refractivity contribution in [3.05, 3.63) is 29.8 Å². The van der Waals surface area contributed by atoms with Crippen molar-refractivity contribution >= 4 is 28.3 Å². The standard InChI is InChI=1S/C17H25N3O3S.ClH/c1-2-14-6-3-4-8-16(14)24(22,23)19-10-5-7-15(13-19)20-11-9-18-12-17(20)21;/h3-4,6,8,15,18H,2,5,7,9-13H2,1H3;1H. The Labute approximate surface area is 156 Å². The molecule has 0 aromatic heterocycles. The third-order valence-corrected chi connectivity index (χ3v) is 6.86. The third-order valence-electron chi connectivity index (χ3n) is 4.90. The fourth-order valence-electron chi connectivity index (χ4n) is 3.59. The van der Waals surface area contributed by atoms with Crippen molar-refractivity contribution in [3.8, 4) is 0 Å². The lowest BCUT2D eigenvalue weighted by Gasteiger charge is -2.40. The zero-order valence-electron chi connectivity index (χ0n) is 14.5. The molecule has 3 rings (SSSR count). The molecule has 1 aromatic rings. The molecule has 0 spiro atoms. The first-order valence-corrected chi connectivity index (χ1v) is 10.1. The van der Waals surface area contributed by atoms with E-state index in [0.29, 0.717) is 37.5 Å². The van der Waals surface area contributed by atoms with Crippen molar-refractivity contribution in [1.82, 2.24) is 14.5 Å². The summed E-state index contributed by atoms with van der Waals surface area (Å²) >= 11 is 0. The summed E-state index contributed by atoms with van der Waals surface area (Å²) in [4.78, 5) is 14.4. The van der Waals surface area contributed by atoms with E-state index in [9.17, 15) is 13.2 Å². The zero-order chi connectivity index (χ0) is 17.2. The molecule has 2 saturated heterocycles. The van der Waals surface area contributed by atoms with Crippen molar-refractivity contribution in [2.75, 3.05) is 32.7 Å². The van der Waals surface area contributed by atoms with Gasteiger partial charge >= 0.3 is 0 Å². The Morgan fingerprint density at radius 3 is 2.72 bits per heavy atom. The van der Waals surface area contributed by atoms with Crippen LogP contribution in [0.1, 0.15) is 25.3 Å². The van der Waals surface area contributed by atoms with Gasteiger partial charge < -0.3 is 10.2 Å². The predicted molar refractivity (Wildman–Crippen MR) is 99.4 cm³/mol. The van der Waals surface area contributed by atoms with E-state index >= 15 is 0 Å². The van der Waals surface area contributed by atoms with Crippen molar-refractivity contribution in [3.63, 3.8) is 0 Å². The molecule has 0 saturated carbocycles. The Balaban J connectivity index is 0.00000225. The number of nitrogens with zero attached hydrogens (tertiary/aromatic N) is 2. The summed E-state index contributed by atoms with van der Waals surface area (Å²) < 4.78 is 27.7. The highest BCUT2D eigenvalue weighted by Gasteiger charge is 2.35. The Morgan fingerprint density at radius 1 is 1.24 bits per heavy atom. The minimum atomic E-state index is -3.51. The molecule has 1 amide bonds. The molecule has 0 radical (unpaired) electrons. The summed E-state index contributed by atoms with van der Waals surface area (Å²) in [5.41, 5.74) is 0.845. The number of hydrogen-bond acceptors (Lipinski definition) is 4. The second kappa shape index (κ2) is 8.49. The SMILES string of the molecule is CCc1ccccc1S(=O)(=O)N1CCCC(N2CCNCC2=O)C1.Cl. The van der Waals surface area contributed by atoms with Crippen LogP contribution < -0.4 is 5.32 Å². The first-order chi connectivity index (χ1) is 11.5. The van der Waals surface area contributed by atoms with Crippen LogP contribution in [-0.4, -0.2) is 62.3 Å². The van der Waals surface area contributed by atoms with E-state index in [4.69, 9.17) is 0 Å². The number of halogens is 1. The van der Waals surface area contributed by atoms with Gasteiger partial charge in [-0.25, -0.2) is 8.42 Å². The lowest BCUT2D eigenvalue weighted by Crippen LogP contribution is -2.57. The molecule has 0 bridgehead atoms. The molecular formula is C17H26ClN3O3S. The number of nitrogens with one attached hydrogen (secondary N) is 1. The summed E-state index contributed by atoms with van der Waals surface area (Å²) in [6.07, 6.45) is 2.34. The van der Waals surface area contributed by atoms with Gasteiger partial charge in [0, 0.05) is 32.2 Å². The molecule has 8 heteroatoms. The highest BCUT2D eigenvalue weighted by Crippen LogP contribution is 2.26. The normalized spacial score (nSPS) is 22.5. The van der Waals surface area contributed by atoms with Gasteiger partial charge in [-0.2, -0.15) is 4.31 Å². The van der Waals surface area contributed by atoms with Gasteiger partial charge in [0.2, 0.25) is 15.9 Å². The van der Waals surface area contributed by atoms with Gasteiger partial charge in [-0.15, -0.1) is 12.4 Å². The van der Waals surface area contributed by atoms with Crippen molar-refractivity contribution in [2.45, 2.75) is 37.1 Å². The maximum absolute atomic E-state index is 13.1. The van der Waals surface area contributed by atoms with E-state index in [1.807, 2.05) is 24.0 Å². The molecule has 25 heavy (non-hydrogen) atoms. The Bertz CT molecular complexity index is 711. The Hall–Kier alpha value is -1.15. The van der Waals surface area contributed by atoms with Gasteiger partial charge in [0.15, 0.2) is 0 Å². The van der Waals surface area contributed by atoms with Gasteiger partial charge in [-0.3, -0.25) is 4.79 Å². The van der Waals surface area contributed by atoms with Crippen LogP contribution in [0.3, 0.4) is 0 Å². The Kier molecular flexibility index (Phi) is 6.85. The van der Waals surface area contributed by atoms with Crippen LogP contribution >= 0.6 is 12.4 Å². The molecule has 2 fully saturated rings. The molecule has 2 heterocycles. The molecule has 1 N–H and O–H groups in total. The van der Waals surface area contributed by atoms with Gasteiger partial charge in [-0.1, -0.05) is 25.1 Å². The number of hydrogen-bond donors (Lipinski definition) is 1. The summed E-state index contributed by atoms with van der Waals surface area (Å²) in [5, 5.41) is 3.06. The zero-order valence-corrected chi connectivity index (χ0v) is 16.1. The number of rotatable bonds is 4. The lowest BCUT2D eigenvalue weighted by molar-refractivity contribution is -0.135. The fourth-order valence-corrected chi connectivity index (χ4v) is 5.40. The first-order valence-electron chi connectivity index (χ1n) is 8.62. The smallest absolute Gasteiger partial charge is 0.243 e. The minimum absolute atomic E-state index is 0. The molecule has 0 aliphatic carbocycles. The fraction of sp³-hybridized carbons (Fsp3) is 0.588. The number of carbonyl (C=O) groups is 1. The van der Waals surface area contributed by atoms with Crippen LogP contribution in [0.5, 0.6) is 0 Å². The molecule has 1 aromatic carbocycles. The average Bonchev–Trinajstić information content (AvgIpc) is 2.62. The topological polar surface area (TPSA) is 69.7 Å². The second-order valence-electron chi connectivity index (χ2n) is 6.38. The van der Waals surface area contributed by atoms with Gasteiger partial charge in [0.05, 0.1) is 11.4 Å². The third kappa shape index (κ3) is 4.16. The maximum atomic E-state index is 13.1. The molecule has 6 nitrogen and oxygen atoms in total. The summed E-state index contributed by atoms with van der Waals surface area (Å²) in [6, 6.07) is 7.18. The number of aryl methyl sites for hydroxylation is 1. The number of carbonyl (C=O) groups excluding carboxylic acids is 1. The van der Waals surface area contributed by atoms with E-state index in [1.54, 1.807) is 16.4 Å².